The molecule has 1 aliphatic heterocycles. The van der Waals surface area contributed by atoms with Gasteiger partial charge in [0, 0.05) is 32.2 Å². The second-order valence-corrected chi connectivity index (χ2v) is 3.57. The molecule has 4 heteroatoms. The summed E-state index contributed by atoms with van der Waals surface area (Å²) in [7, 11) is 0. The van der Waals surface area contributed by atoms with E-state index in [-0.39, 0.29) is 18.5 Å². The fourth-order valence-corrected chi connectivity index (χ4v) is 1.90. The summed E-state index contributed by atoms with van der Waals surface area (Å²) in [4.78, 5) is 2.49. The third-order valence-electron chi connectivity index (χ3n) is 2.76. The van der Waals surface area contributed by atoms with E-state index >= 15 is 0 Å². The standard InChI is InChI=1S/C8H16N2O.ClH/c11-8-5-7(6-8)10-3-1-9-2-4-10;/h7-9,11H,1-6H2;1H/t7-,8-;. The van der Waals surface area contributed by atoms with Crippen LogP contribution in [0.5, 0.6) is 0 Å². The van der Waals surface area contributed by atoms with Crippen LogP contribution in [0, 0.1) is 0 Å². The zero-order chi connectivity index (χ0) is 7.68. The van der Waals surface area contributed by atoms with Crippen LogP contribution in [-0.4, -0.2) is 48.3 Å². The highest BCUT2D eigenvalue weighted by Gasteiger charge is 2.32. The summed E-state index contributed by atoms with van der Waals surface area (Å²) in [6.45, 7) is 4.56. The highest BCUT2D eigenvalue weighted by Crippen LogP contribution is 2.25. The van der Waals surface area contributed by atoms with Gasteiger partial charge in [0.2, 0.25) is 0 Å². The fraction of sp³-hybridized carbons (Fsp3) is 1.00. The molecule has 0 unspecified atom stereocenters. The molecule has 1 saturated carbocycles. The van der Waals surface area contributed by atoms with Crippen LogP contribution in [0.1, 0.15) is 12.8 Å². The van der Waals surface area contributed by atoms with Crippen LogP contribution in [0.2, 0.25) is 0 Å². The number of aliphatic hydroxyl groups excluding tert-OH is 1. The van der Waals surface area contributed by atoms with Crippen molar-refractivity contribution in [3.05, 3.63) is 0 Å². The van der Waals surface area contributed by atoms with Crippen molar-refractivity contribution in [2.45, 2.75) is 25.0 Å². The summed E-state index contributed by atoms with van der Waals surface area (Å²) in [5.74, 6) is 0. The van der Waals surface area contributed by atoms with Gasteiger partial charge in [0.05, 0.1) is 6.10 Å². The minimum Gasteiger partial charge on any atom is -0.393 e. The molecular formula is C8H17ClN2O. The molecule has 1 saturated heterocycles. The molecule has 2 aliphatic rings. The summed E-state index contributed by atoms with van der Waals surface area (Å²) in [6.07, 6.45) is 2.00. The van der Waals surface area contributed by atoms with Crippen LogP contribution >= 0.6 is 12.4 Å². The van der Waals surface area contributed by atoms with Crippen molar-refractivity contribution in [2.24, 2.45) is 0 Å². The monoisotopic (exact) mass is 192 g/mol. The highest BCUT2D eigenvalue weighted by atomic mass is 35.5. The van der Waals surface area contributed by atoms with Gasteiger partial charge in [-0.2, -0.15) is 0 Å². The van der Waals surface area contributed by atoms with E-state index in [1.807, 2.05) is 0 Å². The molecule has 72 valence electrons. The minimum atomic E-state index is -0.00474. The van der Waals surface area contributed by atoms with Crippen molar-refractivity contribution in [3.8, 4) is 0 Å². The number of aliphatic hydroxyl groups is 1. The molecule has 0 bridgehead atoms. The van der Waals surface area contributed by atoms with E-state index in [2.05, 4.69) is 10.2 Å². The zero-order valence-electron chi connectivity index (χ0n) is 7.20. The SMILES string of the molecule is Cl.O[C@H]1C[C@H](N2CCNCC2)C1. The first kappa shape index (κ1) is 10.3. The van der Waals surface area contributed by atoms with Crippen molar-refractivity contribution in [1.29, 1.82) is 0 Å². The van der Waals surface area contributed by atoms with E-state index in [1.54, 1.807) is 0 Å². The average Bonchev–Trinajstić information content (AvgIpc) is 2.01. The summed E-state index contributed by atoms with van der Waals surface area (Å²) in [5, 5.41) is 12.4. The maximum atomic E-state index is 9.11. The molecule has 0 aromatic heterocycles. The van der Waals surface area contributed by atoms with Gasteiger partial charge in [0.25, 0.3) is 0 Å². The minimum absolute atomic E-state index is 0. The van der Waals surface area contributed by atoms with Gasteiger partial charge < -0.3 is 10.4 Å². The third-order valence-corrected chi connectivity index (χ3v) is 2.76. The van der Waals surface area contributed by atoms with Crippen LogP contribution in [0.25, 0.3) is 0 Å². The Morgan fingerprint density at radius 3 is 2.25 bits per heavy atom. The van der Waals surface area contributed by atoms with Gasteiger partial charge >= 0.3 is 0 Å². The molecule has 0 amide bonds. The second-order valence-electron chi connectivity index (χ2n) is 3.57. The smallest absolute Gasteiger partial charge is 0.0570 e. The molecule has 2 fully saturated rings. The number of rotatable bonds is 1. The van der Waals surface area contributed by atoms with E-state index < -0.39 is 0 Å². The summed E-state index contributed by atoms with van der Waals surface area (Å²) in [5.41, 5.74) is 0. The summed E-state index contributed by atoms with van der Waals surface area (Å²) >= 11 is 0. The van der Waals surface area contributed by atoms with E-state index in [0.29, 0.717) is 6.04 Å². The maximum absolute atomic E-state index is 9.11. The Morgan fingerprint density at radius 1 is 1.17 bits per heavy atom. The maximum Gasteiger partial charge on any atom is 0.0570 e. The van der Waals surface area contributed by atoms with Crippen LogP contribution in [0.15, 0.2) is 0 Å². The lowest BCUT2D eigenvalue weighted by Gasteiger charge is -2.42. The van der Waals surface area contributed by atoms with Gasteiger partial charge in [-0.05, 0) is 12.8 Å². The van der Waals surface area contributed by atoms with Gasteiger partial charge in [0.15, 0.2) is 0 Å². The number of halogens is 1. The average molecular weight is 193 g/mol. The molecule has 0 radical (unpaired) electrons. The number of piperazine rings is 1. The van der Waals surface area contributed by atoms with Crippen molar-refractivity contribution >= 4 is 12.4 Å². The van der Waals surface area contributed by atoms with Crippen molar-refractivity contribution in [1.82, 2.24) is 10.2 Å². The predicted octanol–water partition coefficient (Wildman–Crippen LogP) is -0.163. The van der Waals surface area contributed by atoms with Crippen LogP contribution in [-0.2, 0) is 0 Å². The topological polar surface area (TPSA) is 35.5 Å². The van der Waals surface area contributed by atoms with E-state index in [9.17, 15) is 0 Å². The van der Waals surface area contributed by atoms with Crippen molar-refractivity contribution in [2.75, 3.05) is 26.2 Å². The van der Waals surface area contributed by atoms with Crippen LogP contribution < -0.4 is 5.32 Å². The molecule has 2 rings (SSSR count). The van der Waals surface area contributed by atoms with Gasteiger partial charge in [0.1, 0.15) is 0 Å². The molecule has 1 heterocycles. The summed E-state index contributed by atoms with van der Waals surface area (Å²) < 4.78 is 0. The molecular weight excluding hydrogens is 176 g/mol. The molecule has 0 aromatic carbocycles. The second kappa shape index (κ2) is 4.42. The lowest BCUT2D eigenvalue weighted by molar-refractivity contribution is -0.00272. The third kappa shape index (κ3) is 2.10. The van der Waals surface area contributed by atoms with Gasteiger partial charge in [-0.3, -0.25) is 4.90 Å². The molecule has 12 heavy (non-hydrogen) atoms. The Kier molecular flexibility index (Phi) is 3.77. The van der Waals surface area contributed by atoms with Gasteiger partial charge in [-0.15, -0.1) is 12.4 Å². The molecule has 0 aromatic rings. The molecule has 2 N–H and O–H groups in total. The number of hydrogen-bond acceptors (Lipinski definition) is 3. The Balaban J connectivity index is 0.000000720. The number of nitrogens with zero attached hydrogens (tertiary/aromatic N) is 1. The van der Waals surface area contributed by atoms with Crippen molar-refractivity contribution < 1.29 is 5.11 Å². The van der Waals surface area contributed by atoms with Crippen LogP contribution in [0.4, 0.5) is 0 Å². The lowest BCUT2D eigenvalue weighted by Crippen LogP contribution is -2.54. The van der Waals surface area contributed by atoms with E-state index in [1.165, 1.54) is 0 Å². The van der Waals surface area contributed by atoms with Gasteiger partial charge in [-0.1, -0.05) is 0 Å². The quantitative estimate of drug-likeness (QED) is 0.606. The van der Waals surface area contributed by atoms with Gasteiger partial charge in [-0.25, -0.2) is 0 Å². The Bertz CT molecular complexity index is 133. The molecule has 3 nitrogen and oxygen atoms in total. The Labute approximate surface area is 79.5 Å². The number of nitrogens with one attached hydrogen (secondary N) is 1. The zero-order valence-corrected chi connectivity index (χ0v) is 8.02. The number of hydrogen-bond donors (Lipinski definition) is 2. The lowest BCUT2D eigenvalue weighted by atomic mass is 9.88. The normalized spacial score (nSPS) is 36.8. The first-order valence-electron chi connectivity index (χ1n) is 4.49. The highest BCUT2D eigenvalue weighted by molar-refractivity contribution is 5.85. The fourth-order valence-electron chi connectivity index (χ4n) is 1.90. The first-order chi connectivity index (χ1) is 5.36. The van der Waals surface area contributed by atoms with E-state index in [4.69, 9.17) is 5.11 Å². The molecule has 0 spiro atoms. The van der Waals surface area contributed by atoms with E-state index in [0.717, 1.165) is 39.0 Å². The molecule has 1 aliphatic carbocycles. The predicted molar refractivity (Wildman–Crippen MR) is 50.7 cm³/mol. The largest absolute Gasteiger partial charge is 0.393 e. The molecule has 0 atom stereocenters. The van der Waals surface area contributed by atoms with Crippen molar-refractivity contribution in [3.63, 3.8) is 0 Å². The summed E-state index contributed by atoms with van der Waals surface area (Å²) in [6, 6.07) is 0.687. The Morgan fingerprint density at radius 2 is 1.75 bits per heavy atom. The Hall–Kier alpha value is 0.170. The first-order valence-corrected chi connectivity index (χ1v) is 4.49. The van der Waals surface area contributed by atoms with Crippen LogP contribution in [0.3, 0.4) is 0 Å².